The van der Waals surface area contributed by atoms with Gasteiger partial charge in [0, 0.05) is 11.6 Å². The molecule has 0 radical (unpaired) electrons. The lowest BCUT2D eigenvalue weighted by atomic mass is 10.1. The predicted octanol–water partition coefficient (Wildman–Crippen LogP) is 3.58. The topological polar surface area (TPSA) is 43.6 Å². The van der Waals surface area contributed by atoms with Crippen molar-refractivity contribution in [2.75, 3.05) is 7.11 Å². The molecule has 4 aromatic rings. The number of rotatable bonds is 2. The summed E-state index contributed by atoms with van der Waals surface area (Å²) in [5, 5.41) is 0. The van der Waals surface area contributed by atoms with E-state index in [2.05, 4.69) is 4.98 Å². The Morgan fingerprint density at radius 3 is 2.68 bits per heavy atom. The molecule has 0 aliphatic carbocycles. The number of fused-ring (bicyclic) bond motifs is 3. The molecular weight excluding hydrogens is 296 g/mol. The summed E-state index contributed by atoms with van der Waals surface area (Å²) < 4.78 is 7.87. The molecule has 0 fully saturated rings. The van der Waals surface area contributed by atoms with E-state index in [0.717, 1.165) is 21.5 Å². The second-order valence-corrected chi connectivity index (χ2v) is 5.91. The highest BCUT2D eigenvalue weighted by molar-refractivity contribution is 7.23. The SMILES string of the molecule is COc1ccc2c(c1)sc1nc(-c3ccccc3)cc(=O)n12. The van der Waals surface area contributed by atoms with Crippen LogP contribution in [-0.4, -0.2) is 16.5 Å². The number of methoxy groups -OCH3 is 1. The van der Waals surface area contributed by atoms with Crippen molar-refractivity contribution in [3.63, 3.8) is 0 Å². The first-order valence-electron chi connectivity index (χ1n) is 6.82. The molecule has 0 N–H and O–H groups in total. The third-order valence-corrected chi connectivity index (χ3v) is 4.57. The monoisotopic (exact) mass is 308 g/mol. The van der Waals surface area contributed by atoms with Crippen LogP contribution in [0.25, 0.3) is 26.4 Å². The van der Waals surface area contributed by atoms with E-state index in [0.29, 0.717) is 10.7 Å². The molecule has 2 aromatic carbocycles. The van der Waals surface area contributed by atoms with Gasteiger partial charge in [0.15, 0.2) is 4.96 Å². The predicted molar refractivity (Wildman–Crippen MR) is 88.8 cm³/mol. The van der Waals surface area contributed by atoms with Gasteiger partial charge >= 0.3 is 0 Å². The van der Waals surface area contributed by atoms with E-state index < -0.39 is 0 Å². The summed E-state index contributed by atoms with van der Waals surface area (Å²) in [7, 11) is 1.63. The van der Waals surface area contributed by atoms with Crippen LogP contribution >= 0.6 is 11.3 Å². The normalized spacial score (nSPS) is 11.1. The van der Waals surface area contributed by atoms with Crippen LogP contribution in [0.4, 0.5) is 0 Å². The van der Waals surface area contributed by atoms with Crippen LogP contribution in [0.5, 0.6) is 5.75 Å². The summed E-state index contributed by atoms with van der Waals surface area (Å²) in [5.74, 6) is 0.774. The molecular formula is C17H12N2O2S. The van der Waals surface area contributed by atoms with Gasteiger partial charge in [0.25, 0.3) is 5.56 Å². The zero-order valence-corrected chi connectivity index (χ0v) is 12.6. The number of hydrogen-bond acceptors (Lipinski definition) is 4. The van der Waals surface area contributed by atoms with Crippen LogP contribution in [0.2, 0.25) is 0 Å². The molecule has 4 rings (SSSR count). The van der Waals surface area contributed by atoms with Gasteiger partial charge in [0.2, 0.25) is 0 Å². The Bertz CT molecular complexity index is 1040. The van der Waals surface area contributed by atoms with Crippen LogP contribution in [-0.2, 0) is 0 Å². The Hall–Kier alpha value is -2.66. The van der Waals surface area contributed by atoms with Gasteiger partial charge in [0.05, 0.1) is 23.0 Å². The van der Waals surface area contributed by atoms with Gasteiger partial charge < -0.3 is 4.74 Å². The van der Waals surface area contributed by atoms with Crippen molar-refractivity contribution < 1.29 is 4.74 Å². The third kappa shape index (κ3) is 1.98. The molecule has 0 saturated carbocycles. The Morgan fingerprint density at radius 2 is 1.91 bits per heavy atom. The highest BCUT2D eigenvalue weighted by atomic mass is 32.1. The van der Waals surface area contributed by atoms with E-state index in [4.69, 9.17) is 4.74 Å². The van der Waals surface area contributed by atoms with Crippen LogP contribution < -0.4 is 10.3 Å². The molecule has 0 aliphatic heterocycles. The molecule has 0 atom stereocenters. The lowest BCUT2D eigenvalue weighted by Crippen LogP contribution is -2.12. The summed E-state index contributed by atoms with van der Waals surface area (Å²) in [4.78, 5) is 17.8. The highest BCUT2D eigenvalue weighted by Gasteiger charge is 2.11. The van der Waals surface area contributed by atoms with Gasteiger partial charge in [0.1, 0.15) is 5.75 Å². The summed E-state index contributed by atoms with van der Waals surface area (Å²) in [6.07, 6.45) is 0. The van der Waals surface area contributed by atoms with E-state index in [9.17, 15) is 4.79 Å². The van der Waals surface area contributed by atoms with Crippen LogP contribution in [0.3, 0.4) is 0 Å². The van der Waals surface area contributed by atoms with Crippen molar-refractivity contribution in [3.05, 3.63) is 65.0 Å². The molecule has 22 heavy (non-hydrogen) atoms. The van der Waals surface area contributed by atoms with Crippen LogP contribution in [0, 0.1) is 0 Å². The summed E-state index contributed by atoms with van der Waals surface area (Å²) in [6.45, 7) is 0. The number of benzene rings is 2. The van der Waals surface area contributed by atoms with Gasteiger partial charge in [-0.25, -0.2) is 4.98 Å². The molecule has 4 nitrogen and oxygen atoms in total. The molecule has 0 saturated heterocycles. The van der Waals surface area contributed by atoms with E-state index >= 15 is 0 Å². The van der Waals surface area contributed by atoms with Crippen molar-refractivity contribution >= 4 is 26.5 Å². The van der Waals surface area contributed by atoms with Crippen molar-refractivity contribution in [2.24, 2.45) is 0 Å². The van der Waals surface area contributed by atoms with Crippen molar-refractivity contribution in [2.45, 2.75) is 0 Å². The fraction of sp³-hybridized carbons (Fsp3) is 0.0588. The van der Waals surface area contributed by atoms with Crippen LogP contribution in [0.1, 0.15) is 0 Å². The third-order valence-electron chi connectivity index (χ3n) is 3.57. The molecule has 108 valence electrons. The van der Waals surface area contributed by atoms with Crippen molar-refractivity contribution in [3.8, 4) is 17.0 Å². The molecule has 0 spiro atoms. The van der Waals surface area contributed by atoms with Gasteiger partial charge in [-0.05, 0) is 18.2 Å². The van der Waals surface area contributed by atoms with Crippen molar-refractivity contribution in [1.82, 2.24) is 9.38 Å². The maximum atomic E-state index is 12.5. The van der Waals surface area contributed by atoms with E-state index in [-0.39, 0.29) is 5.56 Å². The summed E-state index contributed by atoms with van der Waals surface area (Å²) in [5.41, 5.74) is 2.43. The number of aromatic nitrogens is 2. The van der Waals surface area contributed by atoms with Gasteiger partial charge in [-0.3, -0.25) is 9.20 Å². The Kier molecular flexibility index (Phi) is 2.94. The standard InChI is InChI=1S/C17H12N2O2S/c1-21-12-7-8-14-15(9-12)22-17-18-13(10-16(20)19(14)17)11-5-3-2-4-6-11/h2-10H,1H3. The molecule has 2 aromatic heterocycles. The van der Waals surface area contributed by atoms with Gasteiger partial charge in [-0.15, -0.1) is 0 Å². The lowest BCUT2D eigenvalue weighted by molar-refractivity contribution is 0.415. The summed E-state index contributed by atoms with van der Waals surface area (Å²) in [6, 6.07) is 17.0. The van der Waals surface area contributed by atoms with E-state index in [1.54, 1.807) is 17.6 Å². The average molecular weight is 308 g/mol. The van der Waals surface area contributed by atoms with E-state index in [1.165, 1.54) is 11.3 Å². The second kappa shape index (κ2) is 4.96. The quantitative estimate of drug-likeness (QED) is 0.568. The zero-order chi connectivity index (χ0) is 15.1. The van der Waals surface area contributed by atoms with Gasteiger partial charge in [-0.1, -0.05) is 41.7 Å². The maximum absolute atomic E-state index is 12.5. The first-order valence-corrected chi connectivity index (χ1v) is 7.64. The molecule has 0 bridgehead atoms. The first kappa shape index (κ1) is 13.0. The fourth-order valence-corrected chi connectivity index (χ4v) is 3.55. The Morgan fingerprint density at radius 1 is 1.09 bits per heavy atom. The number of thiazole rings is 1. The minimum absolute atomic E-state index is 0.0692. The van der Waals surface area contributed by atoms with Crippen molar-refractivity contribution in [1.29, 1.82) is 0 Å². The molecule has 5 heteroatoms. The van der Waals surface area contributed by atoms with E-state index in [1.807, 2.05) is 48.5 Å². The van der Waals surface area contributed by atoms with Crippen LogP contribution in [0.15, 0.2) is 59.4 Å². The largest absolute Gasteiger partial charge is 0.497 e. The second-order valence-electron chi connectivity index (χ2n) is 4.90. The number of hydrogen-bond donors (Lipinski definition) is 0. The average Bonchev–Trinajstić information content (AvgIpc) is 2.93. The first-order chi connectivity index (χ1) is 10.8. The molecule has 2 heterocycles. The fourth-order valence-electron chi connectivity index (χ4n) is 2.49. The van der Waals surface area contributed by atoms with Gasteiger partial charge in [-0.2, -0.15) is 0 Å². The lowest BCUT2D eigenvalue weighted by Gasteiger charge is -2.01. The smallest absolute Gasteiger partial charge is 0.259 e. The minimum Gasteiger partial charge on any atom is -0.497 e. The maximum Gasteiger partial charge on any atom is 0.259 e. The number of nitrogens with zero attached hydrogens (tertiary/aromatic N) is 2. The zero-order valence-electron chi connectivity index (χ0n) is 11.8. The Labute approximate surface area is 130 Å². The highest BCUT2D eigenvalue weighted by Crippen LogP contribution is 2.28. The molecule has 0 amide bonds. The number of ether oxygens (including phenoxy) is 1. The summed E-state index contributed by atoms with van der Waals surface area (Å²) >= 11 is 1.49. The Balaban J connectivity index is 2.02. The minimum atomic E-state index is -0.0692. The molecule has 0 unspecified atom stereocenters. The molecule has 0 aliphatic rings.